The van der Waals surface area contributed by atoms with Crippen LogP contribution in [0.4, 0.5) is 0 Å². The van der Waals surface area contributed by atoms with E-state index in [1.54, 1.807) is 0 Å². The first-order valence-corrected chi connectivity index (χ1v) is 4.05. The first-order chi connectivity index (χ1) is 5.45. The zero-order valence-corrected chi connectivity index (χ0v) is 8.90. The van der Waals surface area contributed by atoms with E-state index in [9.17, 15) is 0 Å². The molecule has 0 atom stereocenters. The lowest BCUT2D eigenvalue weighted by Crippen LogP contribution is -2.43. The minimum absolute atomic E-state index is 0. The molecule has 4 heteroatoms. The highest BCUT2D eigenvalue weighted by molar-refractivity contribution is 5.85. The molecule has 2 nitrogen and oxygen atoms in total. The van der Waals surface area contributed by atoms with E-state index >= 15 is 0 Å². The molecule has 0 bridgehead atoms. The molecule has 1 N–H and O–H groups in total. The van der Waals surface area contributed by atoms with Gasteiger partial charge in [0.25, 0.3) is 0 Å². The molecule has 1 aliphatic rings. The fraction of sp³-hybridized carbons (Fsp3) is 0.444. The van der Waals surface area contributed by atoms with E-state index < -0.39 is 0 Å². The van der Waals surface area contributed by atoms with Crippen LogP contribution in [0.25, 0.3) is 0 Å². The van der Waals surface area contributed by atoms with Crippen molar-refractivity contribution in [3.05, 3.63) is 30.1 Å². The van der Waals surface area contributed by atoms with E-state index in [1.807, 2.05) is 18.5 Å². The van der Waals surface area contributed by atoms with E-state index in [4.69, 9.17) is 0 Å². The van der Waals surface area contributed by atoms with Crippen LogP contribution in [0.1, 0.15) is 5.56 Å². The summed E-state index contributed by atoms with van der Waals surface area (Å²) in [5.41, 5.74) is 1.36. The first-order valence-electron chi connectivity index (χ1n) is 4.05. The Morgan fingerprint density at radius 2 is 2.15 bits per heavy atom. The second kappa shape index (κ2) is 6.19. The Bertz CT molecular complexity index is 224. The maximum absolute atomic E-state index is 4.08. The zero-order chi connectivity index (χ0) is 7.52. The lowest BCUT2D eigenvalue weighted by molar-refractivity contribution is 0.346. The number of aromatic nitrogens is 1. The van der Waals surface area contributed by atoms with Crippen molar-refractivity contribution in [3.63, 3.8) is 0 Å². The van der Waals surface area contributed by atoms with Crippen molar-refractivity contribution in [2.24, 2.45) is 5.92 Å². The van der Waals surface area contributed by atoms with Crippen LogP contribution in [0.3, 0.4) is 0 Å². The summed E-state index contributed by atoms with van der Waals surface area (Å²) in [6, 6.07) is 4.15. The predicted molar refractivity (Wildman–Crippen MR) is 58.8 cm³/mol. The molecule has 0 amide bonds. The molecule has 0 radical (unpaired) electrons. The Morgan fingerprint density at radius 3 is 2.62 bits per heavy atom. The molecule has 0 spiro atoms. The van der Waals surface area contributed by atoms with Gasteiger partial charge in [0.15, 0.2) is 0 Å². The van der Waals surface area contributed by atoms with Crippen molar-refractivity contribution < 1.29 is 0 Å². The monoisotopic (exact) mass is 220 g/mol. The SMILES string of the molecule is Cl.Cl.c1cncc(CC2CNC2)c1. The maximum Gasteiger partial charge on any atom is 0.0299 e. The topological polar surface area (TPSA) is 24.9 Å². The fourth-order valence-corrected chi connectivity index (χ4v) is 1.35. The molecule has 1 aromatic heterocycles. The van der Waals surface area contributed by atoms with Crippen LogP contribution < -0.4 is 5.32 Å². The normalized spacial score (nSPS) is 15.1. The molecule has 1 aliphatic heterocycles. The van der Waals surface area contributed by atoms with Gasteiger partial charge in [-0.05, 0) is 37.1 Å². The lowest BCUT2D eigenvalue weighted by atomic mass is 9.95. The van der Waals surface area contributed by atoms with E-state index in [0.29, 0.717) is 0 Å². The largest absolute Gasteiger partial charge is 0.316 e. The standard InChI is InChI=1S/C9H12N2.2ClH/c1-2-8(5-10-3-1)4-9-6-11-7-9;;/h1-3,5,9,11H,4,6-7H2;2*1H. The van der Waals surface area contributed by atoms with Crippen LogP contribution in [-0.4, -0.2) is 18.1 Å². The summed E-state index contributed by atoms with van der Waals surface area (Å²) >= 11 is 0. The van der Waals surface area contributed by atoms with Crippen LogP contribution >= 0.6 is 24.8 Å². The highest BCUT2D eigenvalue weighted by Crippen LogP contribution is 2.10. The highest BCUT2D eigenvalue weighted by atomic mass is 35.5. The fourth-order valence-electron chi connectivity index (χ4n) is 1.35. The molecule has 74 valence electrons. The summed E-state index contributed by atoms with van der Waals surface area (Å²) in [7, 11) is 0. The van der Waals surface area contributed by atoms with Gasteiger partial charge in [0.2, 0.25) is 0 Å². The molecule has 0 aliphatic carbocycles. The average Bonchev–Trinajstić information content (AvgIpc) is 1.99. The summed E-state index contributed by atoms with van der Waals surface area (Å²) in [4.78, 5) is 4.08. The Labute approximate surface area is 91.0 Å². The third-order valence-corrected chi connectivity index (χ3v) is 2.11. The van der Waals surface area contributed by atoms with Crippen molar-refractivity contribution in [3.8, 4) is 0 Å². The zero-order valence-electron chi connectivity index (χ0n) is 7.27. The van der Waals surface area contributed by atoms with Crippen LogP contribution in [0, 0.1) is 5.92 Å². The second-order valence-corrected chi connectivity index (χ2v) is 3.09. The number of nitrogens with zero attached hydrogens (tertiary/aromatic N) is 1. The summed E-state index contributed by atoms with van der Waals surface area (Å²) < 4.78 is 0. The Hall–Kier alpha value is -0.310. The third kappa shape index (κ3) is 3.51. The lowest BCUT2D eigenvalue weighted by Gasteiger charge is -2.26. The Morgan fingerprint density at radius 1 is 1.38 bits per heavy atom. The number of halogens is 2. The predicted octanol–water partition coefficient (Wildman–Crippen LogP) is 1.69. The number of pyridine rings is 1. The quantitative estimate of drug-likeness (QED) is 0.821. The van der Waals surface area contributed by atoms with E-state index in [0.717, 1.165) is 5.92 Å². The molecular weight excluding hydrogens is 207 g/mol. The molecule has 0 unspecified atom stereocenters. The molecule has 2 heterocycles. The Balaban J connectivity index is 0.000000720. The summed E-state index contributed by atoms with van der Waals surface area (Å²) in [6.07, 6.45) is 4.96. The highest BCUT2D eigenvalue weighted by Gasteiger charge is 2.16. The Kier molecular flexibility index (Phi) is 6.04. The van der Waals surface area contributed by atoms with Crippen molar-refractivity contribution in [1.29, 1.82) is 0 Å². The van der Waals surface area contributed by atoms with Crippen molar-refractivity contribution >= 4 is 24.8 Å². The minimum atomic E-state index is 0. The van der Waals surface area contributed by atoms with Gasteiger partial charge < -0.3 is 5.32 Å². The summed E-state index contributed by atoms with van der Waals surface area (Å²) in [5, 5.41) is 3.26. The van der Waals surface area contributed by atoms with Gasteiger partial charge >= 0.3 is 0 Å². The van der Waals surface area contributed by atoms with Gasteiger partial charge in [-0.25, -0.2) is 0 Å². The van der Waals surface area contributed by atoms with Crippen LogP contribution in [0.5, 0.6) is 0 Å². The van der Waals surface area contributed by atoms with Gasteiger partial charge in [-0.15, -0.1) is 24.8 Å². The van der Waals surface area contributed by atoms with Gasteiger partial charge in [-0.3, -0.25) is 4.98 Å². The maximum atomic E-state index is 4.08. The van der Waals surface area contributed by atoms with Gasteiger partial charge in [0.05, 0.1) is 0 Å². The molecule has 13 heavy (non-hydrogen) atoms. The smallest absolute Gasteiger partial charge is 0.0299 e. The molecule has 1 fully saturated rings. The van der Waals surface area contributed by atoms with Gasteiger partial charge in [0.1, 0.15) is 0 Å². The number of rotatable bonds is 2. The third-order valence-electron chi connectivity index (χ3n) is 2.11. The van der Waals surface area contributed by atoms with Crippen LogP contribution in [0.15, 0.2) is 24.5 Å². The molecular formula is C9H14Cl2N2. The second-order valence-electron chi connectivity index (χ2n) is 3.09. The van der Waals surface area contributed by atoms with Crippen LogP contribution in [0.2, 0.25) is 0 Å². The minimum Gasteiger partial charge on any atom is -0.316 e. The number of hydrogen-bond acceptors (Lipinski definition) is 2. The summed E-state index contributed by atoms with van der Waals surface area (Å²) in [5.74, 6) is 0.846. The van der Waals surface area contributed by atoms with Gasteiger partial charge in [0, 0.05) is 12.4 Å². The first kappa shape index (κ1) is 12.7. The average molecular weight is 221 g/mol. The molecule has 2 rings (SSSR count). The number of nitrogens with one attached hydrogen (secondary N) is 1. The molecule has 1 saturated heterocycles. The van der Waals surface area contributed by atoms with E-state index in [1.165, 1.54) is 25.1 Å². The molecule has 0 aromatic carbocycles. The van der Waals surface area contributed by atoms with Crippen LogP contribution in [-0.2, 0) is 6.42 Å². The summed E-state index contributed by atoms with van der Waals surface area (Å²) in [6.45, 7) is 2.35. The molecule has 0 saturated carbocycles. The number of hydrogen-bond donors (Lipinski definition) is 1. The van der Waals surface area contributed by atoms with Crippen molar-refractivity contribution in [2.75, 3.05) is 13.1 Å². The van der Waals surface area contributed by atoms with E-state index in [-0.39, 0.29) is 24.8 Å². The van der Waals surface area contributed by atoms with E-state index in [2.05, 4.69) is 16.4 Å². The van der Waals surface area contributed by atoms with Crippen molar-refractivity contribution in [1.82, 2.24) is 10.3 Å². The van der Waals surface area contributed by atoms with Gasteiger partial charge in [-0.1, -0.05) is 6.07 Å². The van der Waals surface area contributed by atoms with Crippen molar-refractivity contribution in [2.45, 2.75) is 6.42 Å². The van der Waals surface area contributed by atoms with Gasteiger partial charge in [-0.2, -0.15) is 0 Å². The molecule has 1 aromatic rings.